The molecule has 20 heavy (non-hydrogen) atoms. The molecular formula is C15H27NO4. The van der Waals surface area contributed by atoms with Crippen LogP contribution in [0.1, 0.15) is 52.9 Å². The van der Waals surface area contributed by atoms with E-state index in [-0.39, 0.29) is 6.61 Å². The van der Waals surface area contributed by atoms with Crippen molar-refractivity contribution >= 4 is 12.1 Å². The Labute approximate surface area is 121 Å². The van der Waals surface area contributed by atoms with E-state index in [1.807, 2.05) is 0 Å². The zero-order valence-electron chi connectivity index (χ0n) is 12.9. The molecule has 0 saturated carbocycles. The fourth-order valence-electron chi connectivity index (χ4n) is 1.49. The minimum absolute atomic E-state index is 0.0373. The second-order valence-electron chi connectivity index (χ2n) is 4.94. The SMILES string of the molecule is C=C(C)C(=O)OCC(C)OC(=O)NCCCCCCC. The number of ether oxygens (including phenoxy) is 2. The zero-order chi connectivity index (χ0) is 15.4. The number of rotatable bonds is 10. The second-order valence-corrected chi connectivity index (χ2v) is 4.94. The summed E-state index contributed by atoms with van der Waals surface area (Å²) in [7, 11) is 0. The van der Waals surface area contributed by atoms with Gasteiger partial charge in [0.05, 0.1) is 0 Å². The third-order valence-corrected chi connectivity index (χ3v) is 2.66. The molecule has 0 aliphatic heterocycles. The first-order valence-corrected chi connectivity index (χ1v) is 7.24. The molecule has 0 aliphatic rings. The van der Waals surface area contributed by atoms with Crippen molar-refractivity contribution in [3.8, 4) is 0 Å². The van der Waals surface area contributed by atoms with Crippen molar-refractivity contribution in [3.63, 3.8) is 0 Å². The molecule has 0 radical (unpaired) electrons. The summed E-state index contributed by atoms with van der Waals surface area (Å²) < 4.78 is 9.94. The van der Waals surface area contributed by atoms with Crippen molar-refractivity contribution < 1.29 is 19.1 Å². The molecule has 116 valence electrons. The Hall–Kier alpha value is -1.52. The minimum Gasteiger partial charge on any atom is -0.458 e. The number of hydrogen-bond acceptors (Lipinski definition) is 4. The fourth-order valence-corrected chi connectivity index (χ4v) is 1.49. The fraction of sp³-hybridized carbons (Fsp3) is 0.733. The molecule has 0 saturated heterocycles. The summed E-state index contributed by atoms with van der Waals surface area (Å²) >= 11 is 0. The monoisotopic (exact) mass is 285 g/mol. The summed E-state index contributed by atoms with van der Waals surface area (Å²) in [6.07, 6.45) is 4.75. The number of unbranched alkanes of at least 4 members (excludes halogenated alkanes) is 4. The van der Waals surface area contributed by atoms with Crippen molar-refractivity contribution in [1.82, 2.24) is 5.32 Å². The lowest BCUT2D eigenvalue weighted by atomic mass is 10.1. The summed E-state index contributed by atoms with van der Waals surface area (Å²) in [5.74, 6) is -0.475. The highest BCUT2D eigenvalue weighted by atomic mass is 16.6. The number of carbonyl (C=O) groups excluding carboxylic acids is 2. The van der Waals surface area contributed by atoms with Crippen LogP contribution >= 0.6 is 0 Å². The molecule has 5 heteroatoms. The molecule has 0 rings (SSSR count). The number of esters is 1. The second kappa shape index (κ2) is 11.3. The molecule has 0 aromatic carbocycles. The number of nitrogens with one attached hydrogen (secondary N) is 1. The average molecular weight is 285 g/mol. The van der Waals surface area contributed by atoms with Crippen molar-refractivity contribution in [2.24, 2.45) is 0 Å². The smallest absolute Gasteiger partial charge is 0.407 e. The number of alkyl carbamates (subject to hydrolysis) is 1. The quantitative estimate of drug-likeness (QED) is 0.380. The van der Waals surface area contributed by atoms with E-state index >= 15 is 0 Å². The first-order chi connectivity index (χ1) is 9.47. The molecule has 1 atom stereocenters. The van der Waals surface area contributed by atoms with Crippen LogP contribution in [0.5, 0.6) is 0 Å². The Kier molecular flexibility index (Phi) is 10.5. The maximum absolute atomic E-state index is 11.4. The lowest BCUT2D eigenvalue weighted by Crippen LogP contribution is -2.31. The molecule has 1 N–H and O–H groups in total. The molecule has 0 aliphatic carbocycles. The number of amides is 1. The van der Waals surface area contributed by atoms with Gasteiger partial charge in [-0.15, -0.1) is 0 Å². The standard InChI is InChI=1S/C15H27NO4/c1-5-6-7-8-9-10-16-15(18)20-13(4)11-19-14(17)12(2)3/h13H,2,5-11H2,1,3-4H3,(H,16,18). The summed E-state index contributed by atoms with van der Waals surface area (Å²) in [6, 6.07) is 0. The Bertz CT molecular complexity index is 315. The van der Waals surface area contributed by atoms with Crippen molar-refractivity contribution in [2.75, 3.05) is 13.2 Å². The van der Waals surface area contributed by atoms with Gasteiger partial charge in [-0.1, -0.05) is 39.2 Å². The van der Waals surface area contributed by atoms with Gasteiger partial charge in [-0.25, -0.2) is 9.59 Å². The average Bonchev–Trinajstić information content (AvgIpc) is 2.39. The topological polar surface area (TPSA) is 64.6 Å². The van der Waals surface area contributed by atoms with Crippen molar-refractivity contribution in [3.05, 3.63) is 12.2 Å². The summed E-state index contributed by atoms with van der Waals surface area (Å²) in [5, 5.41) is 2.68. The van der Waals surface area contributed by atoms with Crippen molar-refractivity contribution in [1.29, 1.82) is 0 Å². The van der Waals surface area contributed by atoms with Gasteiger partial charge in [0.15, 0.2) is 0 Å². The molecule has 0 fully saturated rings. The Morgan fingerprint density at radius 1 is 1.20 bits per heavy atom. The predicted octanol–water partition coefficient (Wildman–Crippen LogP) is 3.19. The molecule has 0 aromatic heterocycles. The molecular weight excluding hydrogens is 258 g/mol. The Morgan fingerprint density at radius 3 is 2.45 bits per heavy atom. The highest BCUT2D eigenvalue weighted by Crippen LogP contribution is 2.01. The molecule has 0 spiro atoms. The third kappa shape index (κ3) is 10.4. The van der Waals surface area contributed by atoms with Crippen LogP contribution in [-0.4, -0.2) is 31.3 Å². The van der Waals surface area contributed by atoms with Crippen LogP contribution in [-0.2, 0) is 14.3 Å². The third-order valence-electron chi connectivity index (χ3n) is 2.66. The number of carbonyl (C=O) groups is 2. The van der Waals surface area contributed by atoms with E-state index in [1.165, 1.54) is 19.3 Å². The summed E-state index contributed by atoms with van der Waals surface area (Å²) in [5.41, 5.74) is 0.328. The van der Waals surface area contributed by atoms with Crippen molar-refractivity contribution in [2.45, 2.75) is 59.0 Å². The van der Waals surface area contributed by atoms with E-state index in [2.05, 4.69) is 18.8 Å². The van der Waals surface area contributed by atoms with E-state index < -0.39 is 18.2 Å². The first kappa shape index (κ1) is 18.5. The zero-order valence-corrected chi connectivity index (χ0v) is 12.9. The van der Waals surface area contributed by atoms with Gasteiger partial charge in [0, 0.05) is 12.1 Å². The van der Waals surface area contributed by atoms with Crippen LogP contribution < -0.4 is 5.32 Å². The van der Waals surface area contributed by atoms with Crippen LogP contribution in [0, 0.1) is 0 Å². The molecule has 0 aromatic rings. The van der Waals surface area contributed by atoms with E-state index in [1.54, 1.807) is 13.8 Å². The van der Waals surface area contributed by atoms with Gasteiger partial charge in [-0.05, 0) is 20.3 Å². The summed E-state index contributed by atoms with van der Waals surface area (Å²) in [6.45, 7) is 9.53. The van der Waals surface area contributed by atoms with Gasteiger partial charge >= 0.3 is 12.1 Å². The van der Waals surface area contributed by atoms with Gasteiger partial charge in [0.25, 0.3) is 0 Å². The normalized spacial score (nSPS) is 11.6. The van der Waals surface area contributed by atoms with Crippen LogP contribution in [0.3, 0.4) is 0 Å². The van der Waals surface area contributed by atoms with E-state index in [0.717, 1.165) is 12.8 Å². The van der Waals surface area contributed by atoms with Crippen LogP contribution in [0.4, 0.5) is 4.79 Å². The molecule has 0 heterocycles. The maximum Gasteiger partial charge on any atom is 0.407 e. The Balaban J connectivity index is 3.59. The van der Waals surface area contributed by atoms with Crippen LogP contribution in [0.15, 0.2) is 12.2 Å². The minimum atomic E-state index is -0.475. The molecule has 1 unspecified atom stereocenters. The van der Waals surface area contributed by atoms with Crippen LogP contribution in [0.25, 0.3) is 0 Å². The van der Waals surface area contributed by atoms with Gasteiger partial charge in [-0.2, -0.15) is 0 Å². The molecule has 0 bridgehead atoms. The van der Waals surface area contributed by atoms with Gasteiger partial charge in [0.2, 0.25) is 0 Å². The van der Waals surface area contributed by atoms with E-state index in [4.69, 9.17) is 9.47 Å². The van der Waals surface area contributed by atoms with Gasteiger partial charge in [-0.3, -0.25) is 0 Å². The van der Waals surface area contributed by atoms with Crippen LogP contribution in [0.2, 0.25) is 0 Å². The molecule has 1 amide bonds. The predicted molar refractivity (Wildman–Crippen MR) is 78.5 cm³/mol. The highest BCUT2D eigenvalue weighted by molar-refractivity contribution is 5.86. The summed E-state index contributed by atoms with van der Waals surface area (Å²) in [4.78, 5) is 22.6. The van der Waals surface area contributed by atoms with Gasteiger partial charge < -0.3 is 14.8 Å². The molecule has 5 nitrogen and oxygen atoms in total. The van der Waals surface area contributed by atoms with E-state index in [9.17, 15) is 9.59 Å². The lowest BCUT2D eigenvalue weighted by molar-refractivity contribution is -0.141. The van der Waals surface area contributed by atoms with E-state index in [0.29, 0.717) is 12.1 Å². The first-order valence-electron chi connectivity index (χ1n) is 7.24. The lowest BCUT2D eigenvalue weighted by Gasteiger charge is -2.14. The number of hydrogen-bond donors (Lipinski definition) is 1. The Morgan fingerprint density at radius 2 is 1.85 bits per heavy atom. The maximum atomic E-state index is 11.4. The van der Waals surface area contributed by atoms with Gasteiger partial charge in [0.1, 0.15) is 12.7 Å². The largest absolute Gasteiger partial charge is 0.458 e. The highest BCUT2D eigenvalue weighted by Gasteiger charge is 2.11.